The summed E-state index contributed by atoms with van der Waals surface area (Å²) < 4.78 is 5.13. The molecule has 0 heterocycles. The first kappa shape index (κ1) is 42.5. The lowest BCUT2D eigenvalue weighted by atomic mass is 9.96. The Balaban J connectivity index is 2.86. The van der Waals surface area contributed by atoms with Crippen molar-refractivity contribution in [3.63, 3.8) is 0 Å². The lowest BCUT2D eigenvalue weighted by molar-refractivity contribution is -0.134. The van der Waals surface area contributed by atoms with E-state index in [2.05, 4.69) is 31.9 Å². The first-order valence-electron chi connectivity index (χ1n) is 16.8. The summed E-state index contributed by atoms with van der Waals surface area (Å²) in [4.78, 5) is 88.8. The summed E-state index contributed by atoms with van der Waals surface area (Å²) in [5.41, 5.74) is 0.115. The zero-order chi connectivity index (χ0) is 37.3. The first-order chi connectivity index (χ1) is 22.9. The van der Waals surface area contributed by atoms with E-state index < -0.39 is 78.5 Å². The van der Waals surface area contributed by atoms with Crippen molar-refractivity contribution in [2.45, 2.75) is 111 Å². The number of nitrogens with one attached hydrogen (secondary N) is 6. The van der Waals surface area contributed by atoms with Crippen LogP contribution < -0.4 is 31.9 Å². The third-order valence-electron chi connectivity index (χ3n) is 7.42. The summed E-state index contributed by atoms with van der Waals surface area (Å²) in [6.07, 6.45) is 0.929. The minimum atomic E-state index is -1.03. The predicted octanol–water partition coefficient (Wildman–Crippen LogP) is 1.76. The molecule has 0 bridgehead atoms. The van der Waals surface area contributed by atoms with Crippen LogP contribution in [0.1, 0.15) is 80.7 Å². The van der Waals surface area contributed by atoms with Gasteiger partial charge in [0, 0.05) is 0 Å². The van der Waals surface area contributed by atoms with Crippen LogP contribution in [0.5, 0.6) is 0 Å². The summed E-state index contributed by atoms with van der Waals surface area (Å²) in [5, 5.41) is 15.5. The Kier molecular flexibility index (Phi) is 18.0. The number of carbonyl (C=O) groups is 7. The molecule has 1 aromatic carbocycles. The number of amides is 6. The topological polar surface area (TPSA) is 201 Å². The van der Waals surface area contributed by atoms with Crippen LogP contribution in [0.2, 0.25) is 0 Å². The van der Waals surface area contributed by atoms with E-state index in [0.29, 0.717) is 19.1 Å². The normalized spacial score (nSPS) is 14.3. The molecule has 0 radical (unpaired) electrons. The van der Waals surface area contributed by atoms with Gasteiger partial charge in [-0.15, -0.1) is 0 Å². The molecular weight excluding hydrogens is 632 g/mol. The molecule has 49 heavy (non-hydrogen) atoms. The molecule has 0 aliphatic carbocycles. The summed E-state index contributed by atoms with van der Waals surface area (Å²) in [6.45, 7) is 15.0. The highest BCUT2D eigenvalue weighted by Gasteiger charge is 2.31. The molecule has 0 aliphatic heterocycles. The zero-order valence-corrected chi connectivity index (χ0v) is 30.3. The Morgan fingerprint density at radius 3 is 1.82 bits per heavy atom. The van der Waals surface area contributed by atoms with E-state index in [0.717, 1.165) is 5.56 Å². The molecule has 0 aliphatic rings. The molecule has 6 amide bonds. The molecule has 0 spiro atoms. The lowest BCUT2D eigenvalue weighted by Gasteiger charge is -2.27. The minimum absolute atomic E-state index is 0.0183. The van der Waals surface area contributed by atoms with Crippen LogP contribution >= 0.6 is 0 Å². The maximum Gasteiger partial charge on any atom is 0.408 e. The number of carbonyl (C=O) groups excluding carboxylic acids is 7. The van der Waals surface area contributed by atoms with Gasteiger partial charge in [0.1, 0.15) is 36.6 Å². The van der Waals surface area contributed by atoms with Crippen LogP contribution in [0.4, 0.5) is 4.79 Å². The fraction of sp³-hybridized carbons (Fsp3) is 0.629. The molecule has 0 aromatic heterocycles. The Bertz CT molecular complexity index is 1260. The van der Waals surface area contributed by atoms with Crippen molar-refractivity contribution in [2.24, 2.45) is 17.8 Å². The van der Waals surface area contributed by atoms with Crippen molar-refractivity contribution < 1.29 is 38.3 Å². The van der Waals surface area contributed by atoms with E-state index in [1.807, 2.05) is 51.1 Å². The van der Waals surface area contributed by atoms with Gasteiger partial charge in [0.2, 0.25) is 29.5 Å². The van der Waals surface area contributed by atoms with Crippen molar-refractivity contribution in [1.82, 2.24) is 31.9 Å². The van der Waals surface area contributed by atoms with Crippen LogP contribution in [0, 0.1) is 17.8 Å². The van der Waals surface area contributed by atoms with Crippen LogP contribution in [-0.2, 0) is 39.9 Å². The van der Waals surface area contributed by atoms with Gasteiger partial charge in [0.25, 0.3) is 0 Å². The van der Waals surface area contributed by atoms with E-state index >= 15 is 0 Å². The number of benzene rings is 1. The number of hydrogen-bond donors (Lipinski definition) is 6. The van der Waals surface area contributed by atoms with Crippen LogP contribution in [-0.4, -0.2) is 84.8 Å². The summed E-state index contributed by atoms with van der Waals surface area (Å²) in [5.74, 6) is -3.66. The van der Waals surface area contributed by atoms with E-state index in [-0.39, 0.29) is 24.2 Å². The maximum atomic E-state index is 13.4. The second-order valence-electron chi connectivity index (χ2n) is 13.9. The molecule has 14 heteroatoms. The third kappa shape index (κ3) is 16.9. The second-order valence-corrected chi connectivity index (χ2v) is 13.9. The van der Waals surface area contributed by atoms with Crippen LogP contribution in [0.3, 0.4) is 0 Å². The van der Waals surface area contributed by atoms with Crippen molar-refractivity contribution in [3.05, 3.63) is 35.9 Å². The van der Waals surface area contributed by atoms with Gasteiger partial charge in [0.05, 0.1) is 12.6 Å². The zero-order valence-electron chi connectivity index (χ0n) is 30.3. The summed E-state index contributed by atoms with van der Waals surface area (Å²) in [6, 6.07) is 5.39. The van der Waals surface area contributed by atoms with Gasteiger partial charge in [-0.2, -0.15) is 0 Å². The van der Waals surface area contributed by atoms with Crippen LogP contribution in [0.25, 0.3) is 0 Å². The van der Waals surface area contributed by atoms with Crippen LogP contribution in [0.15, 0.2) is 30.3 Å². The Morgan fingerprint density at radius 1 is 0.755 bits per heavy atom. The fourth-order valence-corrected chi connectivity index (χ4v) is 4.68. The lowest BCUT2D eigenvalue weighted by Crippen LogP contribution is -2.58. The van der Waals surface area contributed by atoms with Gasteiger partial charge >= 0.3 is 6.09 Å². The molecule has 14 nitrogen and oxygen atoms in total. The molecule has 274 valence electrons. The molecule has 0 fully saturated rings. The molecule has 0 saturated heterocycles. The van der Waals surface area contributed by atoms with Gasteiger partial charge in [0.15, 0.2) is 0 Å². The van der Waals surface area contributed by atoms with Gasteiger partial charge in [-0.3, -0.25) is 24.0 Å². The SMILES string of the molecule is CC[C@H](C)[C@H](NC(=O)CNC(=O)OC(C)(C)C)C(=O)N[C@@H](CC(C)C)C(=O)NCC(=O)N[C@H](C(=O)N[C@H](C=O)Cc1ccccc1)C(C)C. The van der Waals surface area contributed by atoms with Gasteiger partial charge in [-0.1, -0.05) is 78.3 Å². The summed E-state index contributed by atoms with van der Waals surface area (Å²) >= 11 is 0. The van der Waals surface area contributed by atoms with E-state index in [9.17, 15) is 33.6 Å². The van der Waals surface area contributed by atoms with Crippen molar-refractivity contribution in [1.29, 1.82) is 0 Å². The molecule has 0 saturated carbocycles. The summed E-state index contributed by atoms with van der Waals surface area (Å²) in [7, 11) is 0. The van der Waals surface area contributed by atoms with Crippen molar-refractivity contribution in [3.8, 4) is 0 Å². The Labute approximate surface area is 290 Å². The number of hydrogen-bond acceptors (Lipinski definition) is 8. The van der Waals surface area contributed by atoms with Gasteiger partial charge in [-0.05, 0) is 56.9 Å². The number of alkyl carbamates (subject to hydrolysis) is 1. The molecular formula is C35H56N6O8. The standard InChI is InChI=1S/C35H56N6O8/c1-10-23(6)30(41-28(44)19-37-34(48)49-35(7,8)9)33(47)39-26(16-21(2)3)31(45)36-18-27(43)40-29(22(4)5)32(46)38-25(20-42)17-24-14-12-11-13-15-24/h11-15,20-23,25-26,29-30H,10,16-19H2,1-9H3,(H,36,45)(H,37,48)(H,38,46)(H,39,47)(H,40,43)(H,41,44)/t23-,25-,26-,29-,30-/m0/s1. The second kappa shape index (κ2) is 20.8. The van der Waals surface area contributed by atoms with Crippen molar-refractivity contribution >= 4 is 41.9 Å². The number of rotatable bonds is 19. The van der Waals surface area contributed by atoms with Gasteiger partial charge < -0.3 is 41.4 Å². The largest absolute Gasteiger partial charge is 0.444 e. The number of aldehydes is 1. The number of ether oxygens (including phenoxy) is 1. The van der Waals surface area contributed by atoms with Crippen molar-refractivity contribution in [2.75, 3.05) is 13.1 Å². The van der Waals surface area contributed by atoms with E-state index in [1.54, 1.807) is 41.5 Å². The monoisotopic (exact) mass is 688 g/mol. The Morgan fingerprint density at radius 2 is 1.31 bits per heavy atom. The smallest absolute Gasteiger partial charge is 0.408 e. The highest BCUT2D eigenvalue weighted by atomic mass is 16.6. The molecule has 0 unspecified atom stereocenters. The average molecular weight is 689 g/mol. The average Bonchev–Trinajstić information content (AvgIpc) is 3.02. The minimum Gasteiger partial charge on any atom is -0.444 e. The molecule has 1 rings (SSSR count). The predicted molar refractivity (Wildman–Crippen MR) is 185 cm³/mol. The Hall–Kier alpha value is -4.49. The van der Waals surface area contributed by atoms with E-state index in [4.69, 9.17) is 4.74 Å². The third-order valence-corrected chi connectivity index (χ3v) is 7.42. The quantitative estimate of drug-likeness (QED) is 0.118. The fourth-order valence-electron chi connectivity index (χ4n) is 4.68. The highest BCUT2D eigenvalue weighted by molar-refractivity contribution is 5.95. The first-order valence-corrected chi connectivity index (χ1v) is 16.8. The maximum absolute atomic E-state index is 13.4. The molecule has 6 N–H and O–H groups in total. The molecule has 1 aromatic rings. The van der Waals surface area contributed by atoms with E-state index in [1.165, 1.54) is 0 Å². The van der Waals surface area contributed by atoms with Gasteiger partial charge in [-0.25, -0.2) is 4.79 Å². The molecule has 5 atom stereocenters. The highest BCUT2D eigenvalue weighted by Crippen LogP contribution is 2.12.